The zero-order valence-electron chi connectivity index (χ0n) is 13.8. The summed E-state index contributed by atoms with van der Waals surface area (Å²) in [6.45, 7) is 1.90. The molecular formula is C18H13Br2ClN2O2S. The summed E-state index contributed by atoms with van der Waals surface area (Å²) in [7, 11) is 1.60. The molecule has 1 aliphatic heterocycles. The molecule has 0 aliphatic carbocycles. The van der Waals surface area contributed by atoms with Gasteiger partial charge in [-0.25, -0.2) is 4.99 Å². The molecule has 0 spiro atoms. The molecule has 0 aromatic heterocycles. The molecule has 134 valence electrons. The van der Waals surface area contributed by atoms with Crippen molar-refractivity contribution in [1.29, 1.82) is 0 Å². The Morgan fingerprint density at radius 2 is 1.96 bits per heavy atom. The molecule has 8 heteroatoms. The van der Waals surface area contributed by atoms with Crippen molar-refractivity contribution in [2.24, 2.45) is 4.99 Å². The summed E-state index contributed by atoms with van der Waals surface area (Å²) in [5.41, 5.74) is 2.47. The average molecular weight is 517 g/mol. The summed E-state index contributed by atoms with van der Waals surface area (Å²) >= 11 is 14.3. The Kier molecular flexibility index (Phi) is 6.12. The topological polar surface area (TPSA) is 50.7 Å². The SMILES string of the molecule is COc1c(Br)cc(/C=C2/SC(=Nc3cccc(Cl)c3C)NC2=O)cc1Br. The van der Waals surface area contributed by atoms with Gasteiger partial charge in [0.2, 0.25) is 0 Å². The number of methoxy groups -OCH3 is 1. The number of thioether (sulfide) groups is 1. The zero-order valence-corrected chi connectivity index (χ0v) is 18.5. The van der Waals surface area contributed by atoms with Gasteiger partial charge in [0.25, 0.3) is 5.91 Å². The Morgan fingerprint density at radius 1 is 1.27 bits per heavy atom. The average Bonchev–Trinajstić information content (AvgIpc) is 2.91. The molecule has 26 heavy (non-hydrogen) atoms. The molecule has 1 amide bonds. The summed E-state index contributed by atoms with van der Waals surface area (Å²) in [4.78, 5) is 17.3. The molecule has 0 radical (unpaired) electrons. The minimum atomic E-state index is -0.184. The molecule has 1 N–H and O–H groups in total. The number of hydrogen-bond donors (Lipinski definition) is 1. The highest BCUT2D eigenvalue weighted by molar-refractivity contribution is 9.11. The third kappa shape index (κ3) is 4.17. The quantitative estimate of drug-likeness (QED) is 0.504. The second-order valence-electron chi connectivity index (χ2n) is 5.38. The van der Waals surface area contributed by atoms with Gasteiger partial charge in [0.15, 0.2) is 5.17 Å². The number of nitrogens with one attached hydrogen (secondary N) is 1. The Labute approximate surface area is 177 Å². The smallest absolute Gasteiger partial charge is 0.264 e. The van der Waals surface area contributed by atoms with Crippen LogP contribution >= 0.6 is 55.2 Å². The van der Waals surface area contributed by atoms with Crippen LogP contribution in [0.4, 0.5) is 5.69 Å². The van der Waals surface area contributed by atoms with Gasteiger partial charge in [-0.1, -0.05) is 17.7 Å². The number of carbonyl (C=O) groups is 1. The van der Waals surface area contributed by atoms with Gasteiger partial charge in [-0.2, -0.15) is 0 Å². The number of carbonyl (C=O) groups excluding carboxylic acids is 1. The molecule has 1 fully saturated rings. The minimum Gasteiger partial charge on any atom is -0.494 e. The third-order valence-corrected chi connectivity index (χ3v) is 6.13. The van der Waals surface area contributed by atoms with Crippen LogP contribution in [0.5, 0.6) is 5.75 Å². The Bertz CT molecular complexity index is 937. The molecule has 1 aliphatic rings. The Morgan fingerprint density at radius 3 is 2.62 bits per heavy atom. The molecule has 2 aromatic rings. The van der Waals surface area contributed by atoms with E-state index in [2.05, 4.69) is 42.2 Å². The maximum atomic E-state index is 12.3. The monoisotopic (exact) mass is 514 g/mol. The molecule has 0 bridgehead atoms. The summed E-state index contributed by atoms with van der Waals surface area (Å²) < 4.78 is 6.90. The van der Waals surface area contributed by atoms with Crippen molar-refractivity contribution in [2.45, 2.75) is 6.92 Å². The second-order valence-corrected chi connectivity index (χ2v) is 8.53. The van der Waals surface area contributed by atoms with Gasteiger partial charge in [-0.15, -0.1) is 0 Å². The molecule has 0 saturated carbocycles. The molecule has 1 saturated heterocycles. The number of benzene rings is 2. The maximum Gasteiger partial charge on any atom is 0.264 e. The fourth-order valence-corrected chi connectivity index (χ4v) is 4.87. The Balaban J connectivity index is 1.89. The lowest BCUT2D eigenvalue weighted by Crippen LogP contribution is -2.19. The van der Waals surface area contributed by atoms with Gasteiger partial charge in [-0.05, 0) is 92.0 Å². The summed E-state index contributed by atoms with van der Waals surface area (Å²) in [5.74, 6) is 0.519. The molecule has 2 aromatic carbocycles. The van der Waals surface area contributed by atoms with Crippen LogP contribution in [0.1, 0.15) is 11.1 Å². The van der Waals surface area contributed by atoms with Gasteiger partial charge in [0, 0.05) is 5.02 Å². The highest BCUT2D eigenvalue weighted by Crippen LogP contribution is 2.36. The number of nitrogens with zero attached hydrogens (tertiary/aromatic N) is 1. The van der Waals surface area contributed by atoms with Crippen molar-refractivity contribution in [3.63, 3.8) is 0 Å². The lowest BCUT2D eigenvalue weighted by molar-refractivity contribution is -0.115. The van der Waals surface area contributed by atoms with Crippen LogP contribution in [-0.2, 0) is 4.79 Å². The number of amides is 1. The predicted molar refractivity (Wildman–Crippen MR) is 115 cm³/mol. The fourth-order valence-electron chi connectivity index (χ4n) is 2.32. The van der Waals surface area contributed by atoms with Gasteiger partial charge in [0.1, 0.15) is 5.75 Å². The minimum absolute atomic E-state index is 0.184. The largest absolute Gasteiger partial charge is 0.494 e. The van der Waals surface area contributed by atoms with Gasteiger partial charge in [0.05, 0.1) is 26.6 Å². The lowest BCUT2D eigenvalue weighted by Gasteiger charge is -2.07. The van der Waals surface area contributed by atoms with E-state index in [1.165, 1.54) is 11.8 Å². The van der Waals surface area contributed by atoms with Crippen LogP contribution in [0.25, 0.3) is 6.08 Å². The first kappa shape index (κ1) is 19.5. The number of aliphatic imine (C=N–C) groups is 1. The van der Waals surface area contributed by atoms with Crippen molar-refractivity contribution >= 4 is 78.1 Å². The normalized spacial score (nSPS) is 17.0. The van der Waals surface area contributed by atoms with Crippen molar-refractivity contribution in [1.82, 2.24) is 5.32 Å². The van der Waals surface area contributed by atoms with Crippen LogP contribution in [0.2, 0.25) is 5.02 Å². The van der Waals surface area contributed by atoms with E-state index in [1.807, 2.05) is 43.3 Å². The van der Waals surface area contributed by atoms with Crippen LogP contribution in [0.3, 0.4) is 0 Å². The summed E-state index contributed by atoms with van der Waals surface area (Å²) in [6, 6.07) is 9.28. The predicted octanol–water partition coefficient (Wildman–Crippen LogP) is 6.07. The van der Waals surface area contributed by atoms with E-state index in [0.717, 1.165) is 25.8 Å². The van der Waals surface area contributed by atoms with Crippen molar-refractivity contribution in [3.8, 4) is 5.75 Å². The van der Waals surface area contributed by atoms with Crippen LogP contribution < -0.4 is 10.1 Å². The molecule has 1 heterocycles. The van der Waals surface area contributed by atoms with E-state index in [9.17, 15) is 4.79 Å². The maximum absolute atomic E-state index is 12.3. The Hall–Kier alpha value is -1.28. The molecule has 3 rings (SSSR count). The van der Waals surface area contributed by atoms with Gasteiger partial charge >= 0.3 is 0 Å². The number of rotatable bonds is 3. The number of ether oxygens (including phenoxy) is 1. The number of amidine groups is 1. The fraction of sp³-hybridized carbons (Fsp3) is 0.111. The first-order valence-corrected chi connectivity index (χ1v) is 10.2. The van der Waals surface area contributed by atoms with Crippen molar-refractivity contribution in [2.75, 3.05) is 7.11 Å². The highest BCUT2D eigenvalue weighted by atomic mass is 79.9. The summed E-state index contributed by atoms with van der Waals surface area (Å²) in [5, 5.41) is 3.96. The van der Waals surface area contributed by atoms with Crippen LogP contribution in [0, 0.1) is 6.92 Å². The van der Waals surface area contributed by atoms with Crippen molar-refractivity contribution in [3.05, 3.63) is 60.3 Å². The standard InChI is InChI=1S/C18H13Br2ClN2O2S/c1-9-13(21)4-3-5-14(9)22-18-23-17(24)15(26-18)8-10-6-11(19)16(25-2)12(20)7-10/h3-8H,1-2H3,(H,22,23,24)/b15-8+. The number of hydrogen-bond acceptors (Lipinski definition) is 4. The first-order valence-electron chi connectivity index (χ1n) is 7.46. The number of halogens is 3. The third-order valence-electron chi connectivity index (χ3n) is 3.63. The van der Waals surface area contributed by atoms with E-state index >= 15 is 0 Å². The molecular weight excluding hydrogens is 504 g/mol. The zero-order chi connectivity index (χ0) is 18.8. The summed E-state index contributed by atoms with van der Waals surface area (Å²) in [6.07, 6.45) is 1.81. The van der Waals surface area contributed by atoms with E-state index in [0.29, 0.717) is 20.8 Å². The molecule has 0 atom stereocenters. The molecule has 4 nitrogen and oxygen atoms in total. The van der Waals surface area contributed by atoms with Crippen LogP contribution in [-0.4, -0.2) is 18.2 Å². The lowest BCUT2D eigenvalue weighted by atomic mass is 10.2. The van der Waals surface area contributed by atoms with E-state index in [1.54, 1.807) is 7.11 Å². The van der Waals surface area contributed by atoms with E-state index < -0.39 is 0 Å². The first-order chi connectivity index (χ1) is 12.4. The van der Waals surface area contributed by atoms with Crippen LogP contribution in [0.15, 0.2) is 49.2 Å². The second kappa shape index (κ2) is 8.17. The van der Waals surface area contributed by atoms with E-state index in [4.69, 9.17) is 16.3 Å². The van der Waals surface area contributed by atoms with Crippen molar-refractivity contribution < 1.29 is 9.53 Å². The van der Waals surface area contributed by atoms with Gasteiger partial charge in [-0.3, -0.25) is 4.79 Å². The molecule has 0 unspecified atom stereocenters. The highest BCUT2D eigenvalue weighted by Gasteiger charge is 2.24. The van der Waals surface area contributed by atoms with Gasteiger partial charge < -0.3 is 10.1 Å². The van der Waals surface area contributed by atoms with E-state index in [-0.39, 0.29) is 5.91 Å².